The summed E-state index contributed by atoms with van der Waals surface area (Å²) in [5.41, 5.74) is 3.88. The molecule has 2 amide bonds. The van der Waals surface area contributed by atoms with E-state index in [-0.39, 0.29) is 18.4 Å². The predicted molar refractivity (Wildman–Crippen MR) is 134 cm³/mol. The highest BCUT2D eigenvalue weighted by Gasteiger charge is 2.28. The van der Waals surface area contributed by atoms with Gasteiger partial charge in [-0.05, 0) is 62.0 Å². The topological polar surface area (TPSA) is 99.8 Å². The van der Waals surface area contributed by atoms with Crippen LogP contribution in [-0.2, 0) is 11.2 Å². The van der Waals surface area contributed by atoms with Gasteiger partial charge in [-0.25, -0.2) is 0 Å². The molecule has 1 atom stereocenters. The van der Waals surface area contributed by atoms with Gasteiger partial charge in [0.2, 0.25) is 5.91 Å². The maximum Gasteiger partial charge on any atom is 0.253 e. The number of ether oxygens (including phenoxy) is 2. The Morgan fingerprint density at radius 1 is 1.14 bits per heavy atom. The Bertz CT molecular complexity index is 1190. The number of fused-ring (bicyclic) bond motifs is 1. The van der Waals surface area contributed by atoms with Crippen LogP contribution < -0.4 is 14.8 Å². The lowest BCUT2D eigenvalue weighted by molar-refractivity contribution is -0.121. The molecule has 35 heavy (non-hydrogen) atoms. The van der Waals surface area contributed by atoms with Crippen LogP contribution in [0.5, 0.6) is 11.5 Å². The molecule has 1 unspecified atom stereocenters. The zero-order chi connectivity index (χ0) is 24.9. The van der Waals surface area contributed by atoms with Gasteiger partial charge in [-0.15, -0.1) is 0 Å². The zero-order valence-electron chi connectivity index (χ0n) is 20.5. The van der Waals surface area contributed by atoms with Crippen molar-refractivity contribution in [1.29, 1.82) is 0 Å². The van der Waals surface area contributed by atoms with Gasteiger partial charge in [-0.2, -0.15) is 5.10 Å². The number of nitrogens with zero attached hydrogens (tertiary/aromatic N) is 3. The molecule has 0 aliphatic carbocycles. The Kier molecular flexibility index (Phi) is 7.36. The van der Waals surface area contributed by atoms with Crippen molar-refractivity contribution in [2.45, 2.75) is 6.42 Å². The minimum Gasteiger partial charge on any atom is -0.495 e. The van der Waals surface area contributed by atoms with Crippen molar-refractivity contribution in [2.75, 3.05) is 53.3 Å². The minimum absolute atomic E-state index is 0.0522. The summed E-state index contributed by atoms with van der Waals surface area (Å²) in [5.74, 6) is 0.664. The summed E-state index contributed by atoms with van der Waals surface area (Å²) in [4.78, 5) is 29.7. The Morgan fingerprint density at radius 2 is 1.97 bits per heavy atom. The van der Waals surface area contributed by atoms with Gasteiger partial charge < -0.3 is 24.6 Å². The van der Waals surface area contributed by atoms with Gasteiger partial charge in [0.25, 0.3) is 5.91 Å². The molecule has 0 saturated heterocycles. The second-order valence-electron chi connectivity index (χ2n) is 8.96. The van der Waals surface area contributed by atoms with E-state index in [0.717, 1.165) is 23.2 Å². The number of hydrogen-bond acceptors (Lipinski definition) is 6. The van der Waals surface area contributed by atoms with E-state index < -0.39 is 5.92 Å². The summed E-state index contributed by atoms with van der Waals surface area (Å²) in [6, 6.07) is 11.0. The molecular formula is C26H31N5O4. The first-order chi connectivity index (χ1) is 16.9. The van der Waals surface area contributed by atoms with Crippen LogP contribution in [0.15, 0.2) is 48.8 Å². The average Bonchev–Trinajstić information content (AvgIpc) is 3.41. The first kappa shape index (κ1) is 24.3. The third-order valence-corrected chi connectivity index (χ3v) is 6.10. The summed E-state index contributed by atoms with van der Waals surface area (Å²) in [5, 5.41) is 9.73. The highest BCUT2D eigenvalue weighted by Crippen LogP contribution is 2.33. The molecule has 1 aliphatic rings. The molecule has 2 aromatic carbocycles. The molecule has 0 spiro atoms. The van der Waals surface area contributed by atoms with Gasteiger partial charge in [0, 0.05) is 37.5 Å². The van der Waals surface area contributed by atoms with Crippen LogP contribution >= 0.6 is 0 Å². The number of aromatic amines is 1. The van der Waals surface area contributed by atoms with Gasteiger partial charge in [0.1, 0.15) is 18.1 Å². The van der Waals surface area contributed by atoms with Gasteiger partial charge in [-0.3, -0.25) is 14.7 Å². The molecule has 2 N–H and O–H groups in total. The summed E-state index contributed by atoms with van der Waals surface area (Å²) in [6.45, 7) is 1.68. The molecule has 0 bridgehead atoms. The number of amides is 2. The van der Waals surface area contributed by atoms with E-state index in [1.165, 1.54) is 0 Å². The van der Waals surface area contributed by atoms with Crippen LogP contribution in [-0.4, -0.2) is 79.8 Å². The number of H-pyrrole nitrogens is 1. The Labute approximate surface area is 205 Å². The Balaban J connectivity index is 1.45. The van der Waals surface area contributed by atoms with Crippen LogP contribution in [0.2, 0.25) is 0 Å². The van der Waals surface area contributed by atoms with Crippen LogP contribution in [0.4, 0.5) is 5.69 Å². The number of nitrogens with one attached hydrogen (secondary N) is 2. The number of hydrogen-bond donors (Lipinski definition) is 2. The first-order valence-corrected chi connectivity index (χ1v) is 11.5. The number of anilines is 1. The van der Waals surface area contributed by atoms with Gasteiger partial charge in [0.05, 0.1) is 24.9 Å². The van der Waals surface area contributed by atoms with E-state index in [1.54, 1.807) is 37.5 Å². The van der Waals surface area contributed by atoms with Crippen LogP contribution in [0.25, 0.3) is 11.1 Å². The van der Waals surface area contributed by atoms with Crippen LogP contribution in [0.3, 0.4) is 0 Å². The second kappa shape index (κ2) is 10.6. The molecular weight excluding hydrogens is 446 g/mol. The highest BCUT2D eigenvalue weighted by atomic mass is 16.5. The van der Waals surface area contributed by atoms with E-state index in [9.17, 15) is 9.59 Å². The molecule has 3 aromatic rings. The van der Waals surface area contributed by atoms with Crippen molar-refractivity contribution in [3.63, 3.8) is 0 Å². The fourth-order valence-corrected chi connectivity index (χ4v) is 3.99. The monoisotopic (exact) mass is 477 g/mol. The molecule has 4 rings (SSSR count). The maximum atomic E-state index is 13.1. The number of methoxy groups -OCH3 is 1. The number of likely N-dealkylation sites (N-methyl/N-ethyl adjacent to an activating group) is 2. The quantitative estimate of drug-likeness (QED) is 0.518. The maximum absolute atomic E-state index is 13.1. The van der Waals surface area contributed by atoms with Crippen molar-refractivity contribution < 1.29 is 19.1 Å². The number of rotatable bonds is 8. The van der Waals surface area contributed by atoms with Crippen molar-refractivity contribution in [2.24, 2.45) is 5.92 Å². The Morgan fingerprint density at radius 3 is 2.69 bits per heavy atom. The van der Waals surface area contributed by atoms with Gasteiger partial charge >= 0.3 is 0 Å². The molecule has 0 radical (unpaired) electrons. The number of aromatic nitrogens is 2. The summed E-state index contributed by atoms with van der Waals surface area (Å²) in [6.07, 6.45) is 4.00. The van der Waals surface area contributed by atoms with Crippen molar-refractivity contribution >= 4 is 17.5 Å². The minimum atomic E-state index is -0.391. The summed E-state index contributed by atoms with van der Waals surface area (Å²) < 4.78 is 11.4. The smallest absolute Gasteiger partial charge is 0.253 e. The molecule has 2 heterocycles. The van der Waals surface area contributed by atoms with Crippen molar-refractivity contribution in [1.82, 2.24) is 20.0 Å². The highest BCUT2D eigenvalue weighted by molar-refractivity contribution is 5.96. The number of carbonyl (C=O) groups is 2. The van der Waals surface area contributed by atoms with Gasteiger partial charge in [-0.1, -0.05) is 6.07 Å². The fraction of sp³-hybridized carbons (Fsp3) is 0.346. The lowest BCUT2D eigenvalue weighted by Crippen LogP contribution is -2.34. The predicted octanol–water partition coefficient (Wildman–Crippen LogP) is 2.91. The van der Waals surface area contributed by atoms with E-state index in [4.69, 9.17) is 9.47 Å². The molecule has 0 saturated carbocycles. The Hall–Kier alpha value is -3.85. The van der Waals surface area contributed by atoms with Gasteiger partial charge in [0.15, 0.2) is 0 Å². The normalized spacial score (nSPS) is 14.7. The SMILES string of the molecule is COc1cc(-c2cn[nH]c2)ccc1NC(=O)C1COc2ccc(C(=O)N(C)CCN(C)C)cc2C1. The first-order valence-electron chi connectivity index (χ1n) is 11.5. The van der Waals surface area contributed by atoms with E-state index >= 15 is 0 Å². The third-order valence-electron chi connectivity index (χ3n) is 6.10. The number of benzene rings is 2. The average molecular weight is 478 g/mol. The molecule has 9 heteroatoms. The molecule has 0 fully saturated rings. The van der Waals surface area contributed by atoms with Crippen LogP contribution in [0.1, 0.15) is 15.9 Å². The van der Waals surface area contributed by atoms with Crippen molar-refractivity contribution in [3.05, 3.63) is 59.9 Å². The second-order valence-corrected chi connectivity index (χ2v) is 8.96. The molecule has 9 nitrogen and oxygen atoms in total. The molecule has 1 aromatic heterocycles. The molecule has 184 valence electrons. The lowest BCUT2D eigenvalue weighted by Gasteiger charge is -2.26. The van der Waals surface area contributed by atoms with Crippen molar-refractivity contribution in [3.8, 4) is 22.6 Å². The standard InChI is InChI=1S/C26H31N5O4/c1-30(2)9-10-31(3)26(33)18-6-8-23-19(11-18)12-20(16-35-23)25(32)29-22-7-5-17(13-24(22)34-4)21-14-27-28-15-21/h5-8,11,13-15,20H,9-10,12,16H2,1-4H3,(H,27,28)(H,29,32). The summed E-state index contributed by atoms with van der Waals surface area (Å²) in [7, 11) is 7.31. The summed E-state index contributed by atoms with van der Waals surface area (Å²) >= 11 is 0. The van der Waals surface area contributed by atoms with E-state index in [2.05, 4.69) is 15.5 Å². The molecule has 1 aliphatic heterocycles. The largest absolute Gasteiger partial charge is 0.495 e. The zero-order valence-corrected chi connectivity index (χ0v) is 20.5. The third kappa shape index (κ3) is 5.63. The van der Waals surface area contributed by atoms with Crippen LogP contribution in [0, 0.1) is 5.92 Å². The van der Waals surface area contributed by atoms with E-state index in [0.29, 0.717) is 35.7 Å². The fourth-order valence-electron chi connectivity index (χ4n) is 3.99. The lowest BCUT2D eigenvalue weighted by atomic mass is 9.94. The van der Waals surface area contributed by atoms with E-state index in [1.807, 2.05) is 49.3 Å². The number of carbonyl (C=O) groups excluding carboxylic acids is 2.